The van der Waals surface area contributed by atoms with Gasteiger partial charge in [0, 0.05) is 5.88 Å². The number of halogens is 2. The summed E-state index contributed by atoms with van der Waals surface area (Å²) in [5.41, 5.74) is 1.64. The summed E-state index contributed by atoms with van der Waals surface area (Å²) in [5, 5.41) is 9.07. The molecule has 0 fully saturated rings. The average molecular weight is 276 g/mol. The number of rotatable bonds is 3. The van der Waals surface area contributed by atoms with Crippen molar-refractivity contribution < 1.29 is 9.13 Å². The molecule has 0 aliphatic rings. The molecule has 0 aromatic heterocycles. The van der Waals surface area contributed by atoms with E-state index in [4.69, 9.17) is 21.6 Å². The first-order valence-electron chi connectivity index (χ1n) is 5.67. The van der Waals surface area contributed by atoms with Gasteiger partial charge in [-0.25, -0.2) is 4.39 Å². The Bertz CT molecular complexity index is 649. The monoisotopic (exact) mass is 275 g/mol. The molecular weight excluding hydrogens is 265 g/mol. The summed E-state index contributed by atoms with van der Waals surface area (Å²) in [6.45, 7) is 1.66. The van der Waals surface area contributed by atoms with Crippen LogP contribution >= 0.6 is 11.6 Å². The maximum Gasteiger partial charge on any atom is 0.168 e. The van der Waals surface area contributed by atoms with Crippen molar-refractivity contribution in [2.24, 2.45) is 0 Å². The molecule has 2 rings (SSSR count). The van der Waals surface area contributed by atoms with E-state index in [1.165, 1.54) is 6.07 Å². The van der Waals surface area contributed by atoms with E-state index in [2.05, 4.69) is 0 Å². The van der Waals surface area contributed by atoms with Crippen molar-refractivity contribution in [3.8, 4) is 17.6 Å². The van der Waals surface area contributed by atoms with Crippen LogP contribution in [0.25, 0.3) is 0 Å². The van der Waals surface area contributed by atoms with E-state index in [1.54, 1.807) is 37.3 Å². The van der Waals surface area contributed by atoms with Crippen molar-refractivity contribution in [3.05, 3.63) is 58.9 Å². The second-order valence-electron chi connectivity index (χ2n) is 4.07. The molecule has 2 aromatic rings. The lowest BCUT2D eigenvalue weighted by Gasteiger charge is -2.10. The molecule has 0 aliphatic heterocycles. The van der Waals surface area contributed by atoms with Crippen LogP contribution in [0, 0.1) is 24.1 Å². The lowest BCUT2D eigenvalue weighted by Crippen LogP contribution is -1.94. The summed E-state index contributed by atoms with van der Waals surface area (Å²) in [7, 11) is 0. The van der Waals surface area contributed by atoms with Crippen LogP contribution in [0.5, 0.6) is 11.5 Å². The molecule has 4 heteroatoms. The summed E-state index contributed by atoms with van der Waals surface area (Å²) < 4.78 is 19.3. The molecule has 0 atom stereocenters. The third kappa shape index (κ3) is 2.86. The highest BCUT2D eigenvalue weighted by atomic mass is 35.5. The van der Waals surface area contributed by atoms with E-state index >= 15 is 0 Å². The third-order valence-corrected chi connectivity index (χ3v) is 3.00. The van der Waals surface area contributed by atoms with Crippen LogP contribution in [0.1, 0.15) is 16.7 Å². The predicted octanol–water partition coefficient (Wildman–Crippen LogP) is 4.54. The summed E-state index contributed by atoms with van der Waals surface area (Å²) in [4.78, 5) is 0. The van der Waals surface area contributed by atoms with Crippen LogP contribution in [0.2, 0.25) is 0 Å². The van der Waals surface area contributed by atoms with Gasteiger partial charge in [-0.15, -0.1) is 11.6 Å². The Balaban J connectivity index is 2.39. The third-order valence-electron chi connectivity index (χ3n) is 2.70. The van der Waals surface area contributed by atoms with E-state index in [-0.39, 0.29) is 5.75 Å². The van der Waals surface area contributed by atoms with Crippen LogP contribution in [-0.2, 0) is 5.88 Å². The summed E-state index contributed by atoms with van der Waals surface area (Å²) >= 11 is 5.70. The quantitative estimate of drug-likeness (QED) is 0.771. The molecule has 0 radical (unpaired) electrons. The van der Waals surface area contributed by atoms with Crippen molar-refractivity contribution in [2.45, 2.75) is 12.8 Å². The predicted molar refractivity (Wildman–Crippen MR) is 71.9 cm³/mol. The average Bonchev–Trinajstić information content (AvgIpc) is 2.44. The fraction of sp³-hybridized carbons (Fsp3) is 0.133. The molecule has 0 N–H and O–H groups in total. The van der Waals surface area contributed by atoms with E-state index in [1.807, 2.05) is 6.07 Å². The van der Waals surface area contributed by atoms with Gasteiger partial charge in [0.2, 0.25) is 0 Å². The largest absolute Gasteiger partial charge is 0.453 e. The van der Waals surface area contributed by atoms with Gasteiger partial charge in [0.05, 0.1) is 5.56 Å². The Kier molecular flexibility index (Phi) is 4.03. The fourth-order valence-corrected chi connectivity index (χ4v) is 1.82. The van der Waals surface area contributed by atoms with E-state index < -0.39 is 5.82 Å². The van der Waals surface area contributed by atoms with Gasteiger partial charge in [-0.1, -0.05) is 18.2 Å². The minimum Gasteiger partial charge on any atom is -0.453 e. The fourth-order valence-electron chi connectivity index (χ4n) is 1.65. The molecule has 0 bridgehead atoms. The zero-order valence-electron chi connectivity index (χ0n) is 10.3. The van der Waals surface area contributed by atoms with Crippen LogP contribution in [0.3, 0.4) is 0 Å². The lowest BCUT2D eigenvalue weighted by molar-refractivity contribution is 0.439. The molecule has 2 nitrogen and oxygen atoms in total. The van der Waals surface area contributed by atoms with Gasteiger partial charge in [0.1, 0.15) is 11.8 Å². The highest BCUT2D eigenvalue weighted by Gasteiger charge is 2.10. The normalized spacial score (nSPS) is 10.0. The van der Waals surface area contributed by atoms with Gasteiger partial charge in [-0.05, 0) is 36.2 Å². The number of nitrogens with zero attached hydrogens (tertiary/aromatic N) is 1. The van der Waals surface area contributed by atoms with E-state index in [0.717, 1.165) is 5.56 Å². The smallest absolute Gasteiger partial charge is 0.168 e. The maximum absolute atomic E-state index is 13.8. The summed E-state index contributed by atoms with van der Waals surface area (Å²) in [6.07, 6.45) is 0. The second-order valence-corrected chi connectivity index (χ2v) is 4.33. The van der Waals surface area contributed by atoms with Gasteiger partial charge in [-0.3, -0.25) is 0 Å². The summed E-state index contributed by atoms with van der Waals surface area (Å²) in [6, 6.07) is 11.9. The molecule has 0 amide bonds. The Morgan fingerprint density at radius 3 is 2.74 bits per heavy atom. The molecule has 19 heavy (non-hydrogen) atoms. The number of hydrogen-bond acceptors (Lipinski definition) is 2. The molecule has 0 saturated heterocycles. The number of alkyl halides is 1. The Labute approximate surface area is 116 Å². The van der Waals surface area contributed by atoms with Crippen LogP contribution in [0.4, 0.5) is 4.39 Å². The van der Waals surface area contributed by atoms with Crippen LogP contribution in [0.15, 0.2) is 36.4 Å². The SMILES string of the molecule is Cc1cccc(Oc2ccc(CCl)cc2C#N)c1F. The first kappa shape index (κ1) is 13.4. The highest BCUT2D eigenvalue weighted by molar-refractivity contribution is 6.17. The van der Waals surface area contributed by atoms with Crippen molar-refractivity contribution in [2.75, 3.05) is 0 Å². The second kappa shape index (κ2) is 5.73. The highest BCUT2D eigenvalue weighted by Crippen LogP contribution is 2.29. The van der Waals surface area contributed by atoms with E-state index in [0.29, 0.717) is 22.8 Å². The van der Waals surface area contributed by atoms with Gasteiger partial charge in [0.25, 0.3) is 0 Å². The van der Waals surface area contributed by atoms with Crippen molar-refractivity contribution in [3.63, 3.8) is 0 Å². The Morgan fingerprint density at radius 2 is 2.05 bits per heavy atom. The van der Waals surface area contributed by atoms with E-state index in [9.17, 15) is 4.39 Å². The van der Waals surface area contributed by atoms with Crippen LogP contribution < -0.4 is 4.74 Å². The zero-order chi connectivity index (χ0) is 13.8. The molecule has 0 spiro atoms. The van der Waals surface area contributed by atoms with Crippen molar-refractivity contribution in [1.29, 1.82) is 5.26 Å². The number of benzene rings is 2. The standard InChI is InChI=1S/C15H11ClFNO/c1-10-3-2-4-14(15(10)17)19-13-6-5-11(8-16)7-12(13)9-18/h2-7H,8H2,1H3. The number of aryl methyl sites for hydroxylation is 1. The Hall–Kier alpha value is -2.05. The number of nitriles is 1. The number of ether oxygens (including phenoxy) is 1. The molecule has 0 aliphatic carbocycles. The summed E-state index contributed by atoms with van der Waals surface area (Å²) in [5.74, 6) is 0.317. The maximum atomic E-state index is 13.8. The van der Waals surface area contributed by atoms with Crippen molar-refractivity contribution in [1.82, 2.24) is 0 Å². The molecule has 96 valence electrons. The minimum absolute atomic E-state index is 0.107. The molecular formula is C15H11ClFNO. The molecule has 0 heterocycles. The first-order chi connectivity index (χ1) is 9.15. The van der Waals surface area contributed by atoms with Gasteiger partial charge < -0.3 is 4.74 Å². The minimum atomic E-state index is -0.423. The van der Waals surface area contributed by atoms with Gasteiger partial charge in [0.15, 0.2) is 11.6 Å². The molecule has 0 saturated carbocycles. The molecule has 2 aromatic carbocycles. The zero-order valence-corrected chi connectivity index (χ0v) is 11.0. The first-order valence-corrected chi connectivity index (χ1v) is 6.21. The van der Waals surface area contributed by atoms with Gasteiger partial charge >= 0.3 is 0 Å². The topological polar surface area (TPSA) is 33.0 Å². The van der Waals surface area contributed by atoms with Crippen LogP contribution in [-0.4, -0.2) is 0 Å². The Morgan fingerprint density at radius 1 is 1.26 bits per heavy atom. The lowest BCUT2D eigenvalue weighted by atomic mass is 10.1. The van der Waals surface area contributed by atoms with Crippen molar-refractivity contribution >= 4 is 11.6 Å². The molecule has 0 unspecified atom stereocenters. The number of hydrogen-bond donors (Lipinski definition) is 0. The van der Waals surface area contributed by atoms with Gasteiger partial charge in [-0.2, -0.15) is 5.26 Å².